The first-order valence-corrected chi connectivity index (χ1v) is 9.67. The van der Waals surface area contributed by atoms with E-state index in [2.05, 4.69) is 10.3 Å². The van der Waals surface area contributed by atoms with E-state index in [1.54, 1.807) is 6.07 Å². The van der Waals surface area contributed by atoms with Crippen LogP contribution in [0.2, 0.25) is 0 Å². The third kappa shape index (κ3) is 4.77. The van der Waals surface area contributed by atoms with Crippen LogP contribution in [0.15, 0.2) is 23.0 Å². The molecule has 0 saturated heterocycles. The Morgan fingerprint density at radius 1 is 1.44 bits per heavy atom. The molecule has 0 bridgehead atoms. The second-order valence-corrected chi connectivity index (χ2v) is 7.43. The molecule has 136 valence electrons. The molecule has 0 aromatic carbocycles. The zero-order valence-corrected chi connectivity index (χ0v) is 15.9. The number of hydrogen-bond donors (Lipinski definition) is 3. The van der Waals surface area contributed by atoms with Gasteiger partial charge in [-0.05, 0) is 31.5 Å². The average molecular weight is 383 g/mol. The summed E-state index contributed by atoms with van der Waals surface area (Å²) in [6, 6.07) is 5.48. The van der Waals surface area contributed by atoms with Crippen molar-refractivity contribution in [1.29, 1.82) is 0 Å². The molecule has 0 spiro atoms. The molecule has 25 heavy (non-hydrogen) atoms. The Bertz CT molecular complexity index is 844. The number of aromatic amines is 1. The van der Waals surface area contributed by atoms with Gasteiger partial charge in [-0.25, -0.2) is 4.21 Å². The van der Waals surface area contributed by atoms with Crippen molar-refractivity contribution in [3.05, 3.63) is 39.8 Å². The fourth-order valence-electron chi connectivity index (χ4n) is 2.39. The Hall–Kier alpha value is -1.97. The molecule has 0 saturated carbocycles. The fourth-order valence-corrected chi connectivity index (χ4v) is 4.17. The van der Waals surface area contributed by atoms with Crippen molar-refractivity contribution in [3.63, 3.8) is 0 Å². The van der Waals surface area contributed by atoms with E-state index in [0.29, 0.717) is 17.0 Å². The van der Waals surface area contributed by atoms with E-state index in [1.165, 1.54) is 22.6 Å². The van der Waals surface area contributed by atoms with Crippen molar-refractivity contribution in [1.82, 2.24) is 10.3 Å². The minimum atomic E-state index is -2.19. The number of anilines is 1. The first-order chi connectivity index (χ1) is 11.8. The van der Waals surface area contributed by atoms with Crippen molar-refractivity contribution < 1.29 is 13.6 Å². The molecule has 0 aliphatic heterocycles. The van der Waals surface area contributed by atoms with Crippen molar-refractivity contribution in [2.24, 2.45) is 0 Å². The summed E-state index contributed by atoms with van der Waals surface area (Å²) in [4.78, 5) is 26.6. The topological polar surface area (TPSA) is 102 Å². The highest BCUT2D eigenvalue weighted by Crippen LogP contribution is 2.35. The van der Waals surface area contributed by atoms with E-state index in [0.717, 1.165) is 16.1 Å². The number of aromatic nitrogens is 1. The van der Waals surface area contributed by atoms with Crippen LogP contribution in [0, 0.1) is 6.92 Å². The second kappa shape index (κ2) is 8.41. The molecule has 1 amide bonds. The van der Waals surface area contributed by atoms with Gasteiger partial charge in [0.2, 0.25) is 5.91 Å². The van der Waals surface area contributed by atoms with Gasteiger partial charge in [0, 0.05) is 35.2 Å². The van der Waals surface area contributed by atoms with Gasteiger partial charge >= 0.3 is 0 Å². The first kappa shape index (κ1) is 19.4. The number of thiophene rings is 1. The number of H-pyrrole nitrogens is 1. The number of nitrogens with zero attached hydrogens (tertiary/aromatic N) is 1. The zero-order chi connectivity index (χ0) is 18.6. The number of carbonyl (C=O) groups excluding carboxylic acids is 1. The zero-order valence-electron chi connectivity index (χ0n) is 14.3. The van der Waals surface area contributed by atoms with Crippen molar-refractivity contribution in [2.75, 3.05) is 17.4 Å². The molecule has 1 unspecified atom stereocenters. The molecule has 1 atom stereocenters. The molecular weight excluding hydrogens is 362 g/mol. The van der Waals surface area contributed by atoms with E-state index < -0.39 is 11.3 Å². The predicted octanol–water partition coefficient (Wildman–Crippen LogP) is 2.05. The highest BCUT2D eigenvalue weighted by molar-refractivity contribution is 7.81. The number of hydrogen-bond acceptors (Lipinski definition) is 4. The minimum Gasteiger partial charge on any atom is -0.355 e. The summed E-state index contributed by atoms with van der Waals surface area (Å²) in [5, 5.41) is 3.22. The molecule has 2 aromatic heterocycles. The quantitative estimate of drug-likeness (QED) is 0.637. The third-order valence-corrected chi connectivity index (χ3v) is 5.69. The van der Waals surface area contributed by atoms with Crippen LogP contribution in [0.4, 0.5) is 5.00 Å². The Balaban J connectivity index is 2.30. The molecule has 0 aliphatic rings. The molecule has 2 heterocycles. The summed E-state index contributed by atoms with van der Waals surface area (Å²) >= 11 is -0.834. The molecule has 0 aliphatic carbocycles. The van der Waals surface area contributed by atoms with Crippen LogP contribution in [0.25, 0.3) is 10.4 Å². The monoisotopic (exact) mass is 383 g/mol. The third-order valence-electron chi connectivity index (χ3n) is 3.68. The van der Waals surface area contributed by atoms with Crippen LogP contribution in [-0.2, 0) is 22.5 Å². The maximum Gasteiger partial charge on any atom is 0.262 e. The molecule has 2 rings (SSSR count). The number of aryl methyl sites for hydroxylation is 2. The predicted molar refractivity (Wildman–Crippen MR) is 101 cm³/mol. The van der Waals surface area contributed by atoms with Crippen LogP contribution in [0.5, 0.6) is 0 Å². The molecule has 7 nitrogen and oxygen atoms in total. The van der Waals surface area contributed by atoms with Gasteiger partial charge in [-0.3, -0.25) is 18.4 Å². The van der Waals surface area contributed by atoms with Gasteiger partial charge in [0.15, 0.2) is 0 Å². The number of carbonyl (C=O) groups is 1. The normalized spacial score (nSPS) is 12.0. The molecule has 9 heteroatoms. The maximum atomic E-state index is 11.9. The summed E-state index contributed by atoms with van der Waals surface area (Å²) in [6.45, 7) is 5.63. The van der Waals surface area contributed by atoms with Gasteiger partial charge in [0.05, 0.1) is 6.54 Å². The summed E-state index contributed by atoms with van der Waals surface area (Å²) in [5.74, 6) is -0.188. The Kier molecular flexibility index (Phi) is 6.51. The Morgan fingerprint density at radius 3 is 2.76 bits per heavy atom. The lowest BCUT2D eigenvalue weighted by molar-refractivity contribution is -0.118. The lowest BCUT2D eigenvalue weighted by atomic mass is 10.1. The van der Waals surface area contributed by atoms with Gasteiger partial charge in [0.25, 0.3) is 16.8 Å². The van der Waals surface area contributed by atoms with Crippen LogP contribution >= 0.6 is 11.3 Å². The number of pyridine rings is 1. The van der Waals surface area contributed by atoms with E-state index in [9.17, 15) is 18.4 Å². The van der Waals surface area contributed by atoms with Crippen molar-refractivity contribution in [3.8, 4) is 10.4 Å². The first-order valence-electron chi connectivity index (χ1n) is 7.79. The lowest BCUT2D eigenvalue weighted by Crippen LogP contribution is -2.34. The van der Waals surface area contributed by atoms with E-state index >= 15 is 0 Å². The summed E-state index contributed by atoms with van der Waals surface area (Å²) < 4.78 is 22.5. The summed E-state index contributed by atoms with van der Waals surface area (Å²) in [7, 11) is 0. The van der Waals surface area contributed by atoms with E-state index in [4.69, 9.17) is 0 Å². The Morgan fingerprint density at radius 2 is 2.16 bits per heavy atom. The van der Waals surface area contributed by atoms with Gasteiger partial charge < -0.3 is 10.3 Å². The second-order valence-electron chi connectivity index (χ2n) is 5.47. The largest absolute Gasteiger partial charge is 0.355 e. The lowest BCUT2D eigenvalue weighted by Gasteiger charge is -2.17. The van der Waals surface area contributed by atoms with Gasteiger partial charge in [0.1, 0.15) is 5.00 Å². The maximum absolute atomic E-state index is 11.9. The number of rotatable bonds is 7. The smallest absolute Gasteiger partial charge is 0.262 e. The van der Waals surface area contributed by atoms with E-state index in [1.807, 2.05) is 26.0 Å². The molecule has 0 radical (unpaired) electrons. The average Bonchev–Trinajstić information content (AvgIpc) is 3.00. The molecule has 2 aromatic rings. The highest BCUT2D eigenvalue weighted by Gasteiger charge is 2.16. The van der Waals surface area contributed by atoms with Crippen LogP contribution in [0.1, 0.15) is 25.1 Å². The van der Waals surface area contributed by atoms with Gasteiger partial charge in [-0.15, -0.1) is 11.3 Å². The van der Waals surface area contributed by atoms with E-state index in [-0.39, 0.29) is 24.6 Å². The minimum absolute atomic E-state index is 0.0890. The number of nitrogens with one attached hydrogen (secondary N) is 2. The number of amides is 1. The van der Waals surface area contributed by atoms with Crippen molar-refractivity contribution in [2.45, 2.75) is 27.2 Å². The summed E-state index contributed by atoms with van der Waals surface area (Å²) in [6.07, 6.45) is 0.629. The molecule has 3 N–H and O–H groups in total. The van der Waals surface area contributed by atoms with Crippen molar-refractivity contribution >= 4 is 33.5 Å². The van der Waals surface area contributed by atoms with Crippen LogP contribution in [-0.4, -0.2) is 32.7 Å². The fraction of sp³-hybridized carbons (Fsp3) is 0.375. The molecular formula is C16H21N3O4S2. The SMILES string of the molecule is CCc1cc(-c2ccc(N(CCNC(C)=O)S(=O)O)s2)c(C)[nH]c1=O. The van der Waals surface area contributed by atoms with Gasteiger partial charge in [-0.1, -0.05) is 6.92 Å². The van der Waals surface area contributed by atoms with Gasteiger partial charge in [-0.2, -0.15) is 0 Å². The highest BCUT2D eigenvalue weighted by atomic mass is 32.2. The molecule has 0 fully saturated rings. The Labute approximate surface area is 152 Å². The van der Waals surface area contributed by atoms with Crippen LogP contribution in [0.3, 0.4) is 0 Å². The van der Waals surface area contributed by atoms with Crippen LogP contribution < -0.4 is 15.2 Å². The summed E-state index contributed by atoms with van der Waals surface area (Å²) in [5.41, 5.74) is 2.27. The standard InChI is InChI=1S/C16H21N3O4S2/c1-4-12-9-13(10(2)18-16(12)21)14-5-6-15(24-14)19(25(22)23)8-7-17-11(3)20/h5-6,9H,4,7-8H2,1-3H3,(H,17,20)(H,18,21)(H,22,23).